The number of rotatable bonds is 8. The summed E-state index contributed by atoms with van der Waals surface area (Å²) in [4.78, 5) is 6.86. The van der Waals surface area contributed by atoms with Crippen LogP contribution in [0.1, 0.15) is 59.1 Å². The molecule has 0 aromatic carbocycles. The predicted octanol–water partition coefficient (Wildman–Crippen LogP) is 4.03. The van der Waals surface area contributed by atoms with Crippen LogP contribution >= 0.6 is 0 Å². The van der Waals surface area contributed by atoms with Crippen molar-refractivity contribution in [3.05, 3.63) is 23.9 Å². The van der Waals surface area contributed by atoms with E-state index in [9.17, 15) is 5.11 Å². The first-order valence-corrected chi connectivity index (χ1v) is 7.79. The monoisotopic (exact) mass is 278 g/mol. The van der Waals surface area contributed by atoms with Gasteiger partial charge in [0.05, 0.1) is 6.10 Å². The third kappa shape index (κ3) is 5.49. The molecule has 0 aliphatic carbocycles. The maximum Gasteiger partial charge on any atom is 0.134 e. The lowest BCUT2D eigenvalue weighted by atomic mass is 10.1. The van der Waals surface area contributed by atoms with Gasteiger partial charge in [0.1, 0.15) is 5.82 Å². The molecule has 0 spiro atoms. The summed E-state index contributed by atoms with van der Waals surface area (Å²) in [5.41, 5.74) is 0.931. The van der Waals surface area contributed by atoms with Crippen molar-refractivity contribution in [2.45, 2.75) is 53.6 Å². The van der Waals surface area contributed by atoms with Crippen molar-refractivity contribution in [2.75, 3.05) is 18.0 Å². The van der Waals surface area contributed by atoms with Crippen LogP contribution in [0.4, 0.5) is 5.82 Å². The molecule has 1 N–H and O–H groups in total. The van der Waals surface area contributed by atoms with Gasteiger partial charge >= 0.3 is 0 Å². The molecule has 1 rings (SSSR count). The summed E-state index contributed by atoms with van der Waals surface area (Å²) in [6, 6.07) is 3.87. The first kappa shape index (κ1) is 17.0. The third-order valence-corrected chi connectivity index (χ3v) is 3.52. The smallest absolute Gasteiger partial charge is 0.134 e. The fraction of sp³-hybridized carbons (Fsp3) is 0.706. The molecule has 0 aliphatic rings. The molecule has 20 heavy (non-hydrogen) atoms. The predicted molar refractivity (Wildman–Crippen MR) is 86.0 cm³/mol. The molecule has 0 radical (unpaired) electrons. The van der Waals surface area contributed by atoms with Gasteiger partial charge in [-0.3, -0.25) is 0 Å². The standard InChI is InChI=1S/C17H30N2O/c1-13(2)8-11-19(12-9-14(3)4)17-16(15(5)20)7-6-10-18-17/h6-7,10,13-15,20H,8-9,11-12H2,1-5H3. The molecule has 1 aromatic rings. The Labute approximate surface area is 124 Å². The van der Waals surface area contributed by atoms with Gasteiger partial charge in [0.25, 0.3) is 0 Å². The van der Waals surface area contributed by atoms with Crippen LogP contribution in [-0.4, -0.2) is 23.2 Å². The van der Waals surface area contributed by atoms with E-state index in [-0.39, 0.29) is 0 Å². The van der Waals surface area contributed by atoms with Crippen molar-refractivity contribution in [3.8, 4) is 0 Å². The second-order valence-electron chi connectivity index (χ2n) is 6.44. The Bertz CT molecular complexity index is 376. The van der Waals surface area contributed by atoms with E-state index in [1.54, 1.807) is 0 Å². The number of nitrogens with zero attached hydrogens (tertiary/aromatic N) is 2. The average Bonchev–Trinajstić information content (AvgIpc) is 2.38. The maximum atomic E-state index is 9.94. The van der Waals surface area contributed by atoms with Gasteiger partial charge in [-0.15, -0.1) is 0 Å². The molecule has 0 aliphatic heterocycles. The van der Waals surface area contributed by atoms with Crippen LogP contribution in [-0.2, 0) is 0 Å². The van der Waals surface area contributed by atoms with Crippen molar-refractivity contribution < 1.29 is 5.11 Å². The van der Waals surface area contributed by atoms with Crippen molar-refractivity contribution in [3.63, 3.8) is 0 Å². The van der Waals surface area contributed by atoms with Gasteiger partial charge in [-0.25, -0.2) is 4.98 Å². The minimum absolute atomic E-state index is 0.473. The SMILES string of the molecule is CC(C)CCN(CCC(C)C)c1ncccc1C(C)O. The van der Waals surface area contributed by atoms with Gasteiger partial charge in [-0.05, 0) is 37.7 Å². The Morgan fingerprint density at radius 1 is 1.05 bits per heavy atom. The summed E-state index contributed by atoms with van der Waals surface area (Å²) in [7, 11) is 0. The zero-order valence-electron chi connectivity index (χ0n) is 13.6. The molecular weight excluding hydrogens is 248 g/mol. The number of anilines is 1. The molecule has 3 heteroatoms. The Kier molecular flexibility index (Phi) is 7.00. The lowest BCUT2D eigenvalue weighted by molar-refractivity contribution is 0.199. The number of hydrogen-bond acceptors (Lipinski definition) is 3. The normalized spacial score (nSPS) is 13.0. The van der Waals surface area contributed by atoms with Crippen LogP contribution in [0.5, 0.6) is 0 Å². The summed E-state index contributed by atoms with van der Waals surface area (Å²) in [5.74, 6) is 2.30. The molecule has 0 bridgehead atoms. The second-order valence-corrected chi connectivity index (χ2v) is 6.44. The van der Waals surface area contributed by atoms with E-state index in [1.807, 2.05) is 25.3 Å². The van der Waals surface area contributed by atoms with Crippen LogP contribution in [0.2, 0.25) is 0 Å². The van der Waals surface area contributed by atoms with Gasteiger partial charge in [-0.1, -0.05) is 33.8 Å². The number of aliphatic hydroxyl groups excluding tert-OH is 1. The van der Waals surface area contributed by atoms with Crippen LogP contribution in [0.25, 0.3) is 0 Å². The van der Waals surface area contributed by atoms with Gasteiger partial charge < -0.3 is 10.0 Å². The quantitative estimate of drug-likeness (QED) is 0.780. The van der Waals surface area contributed by atoms with E-state index >= 15 is 0 Å². The topological polar surface area (TPSA) is 36.4 Å². The fourth-order valence-electron chi connectivity index (χ4n) is 2.15. The molecule has 1 aromatic heterocycles. The Hall–Kier alpha value is -1.09. The van der Waals surface area contributed by atoms with Crippen molar-refractivity contribution in [1.29, 1.82) is 0 Å². The van der Waals surface area contributed by atoms with Crippen LogP contribution < -0.4 is 4.90 Å². The van der Waals surface area contributed by atoms with E-state index in [0.29, 0.717) is 11.8 Å². The molecule has 0 saturated heterocycles. The van der Waals surface area contributed by atoms with Crippen molar-refractivity contribution in [1.82, 2.24) is 4.98 Å². The van der Waals surface area contributed by atoms with Crippen LogP contribution in [0.3, 0.4) is 0 Å². The lowest BCUT2D eigenvalue weighted by Gasteiger charge is -2.28. The summed E-state index contributed by atoms with van der Waals surface area (Å²) >= 11 is 0. The zero-order valence-corrected chi connectivity index (χ0v) is 13.6. The van der Waals surface area contributed by atoms with Crippen molar-refractivity contribution >= 4 is 5.82 Å². The van der Waals surface area contributed by atoms with E-state index < -0.39 is 6.10 Å². The highest BCUT2D eigenvalue weighted by molar-refractivity contribution is 5.47. The summed E-state index contributed by atoms with van der Waals surface area (Å²) in [6.07, 6.45) is 3.64. The molecule has 1 atom stereocenters. The highest BCUT2D eigenvalue weighted by Gasteiger charge is 2.16. The largest absolute Gasteiger partial charge is 0.389 e. The Balaban J connectivity index is 2.90. The van der Waals surface area contributed by atoms with Gasteiger partial charge in [0, 0.05) is 24.8 Å². The molecule has 3 nitrogen and oxygen atoms in total. The minimum Gasteiger partial charge on any atom is -0.389 e. The molecule has 114 valence electrons. The first-order valence-electron chi connectivity index (χ1n) is 7.79. The molecule has 0 fully saturated rings. The third-order valence-electron chi connectivity index (χ3n) is 3.52. The molecule has 1 heterocycles. The first-order chi connectivity index (χ1) is 9.41. The number of aromatic nitrogens is 1. The average molecular weight is 278 g/mol. The Morgan fingerprint density at radius 3 is 2.05 bits per heavy atom. The lowest BCUT2D eigenvalue weighted by Crippen LogP contribution is -2.29. The summed E-state index contributed by atoms with van der Waals surface area (Å²) in [6.45, 7) is 12.8. The molecular formula is C17H30N2O. The van der Waals surface area contributed by atoms with Crippen LogP contribution in [0.15, 0.2) is 18.3 Å². The zero-order chi connectivity index (χ0) is 15.1. The number of aliphatic hydroxyl groups is 1. The van der Waals surface area contributed by atoms with Gasteiger partial charge in [0.15, 0.2) is 0 Å². The Morgan fingerprint density at radius 2 is 1.60 bits per heavy atom. The van der Waals surface area contributed by atoms with E-state index in [4.69, 9.17) is 0 Å². The molecule has 0 amide bonds. The molecule has 0 saturated carbocycles. The second kappa shape index (κ2) is 8.25. The number of pyridine rings is 1. The highest BCUT2D eigenvalue weighted by Crippen LogP contribution is 2.25. The summed E-state index contributed by atoms with van der Waals surface area (Å²) in [5, 5.41) is 9.94. The minimum atomic E-state index is -0.473. The maximum absolute atomic E-state index is 9.94. The van der Waals surface area contributed by atoms with E-state index in [2.05, 4.69) is 37.6 Å². The van der Waals surface area contributed by atoms with E-state index in [1.165, 1.54) is 0 Å². The highest BCUT2D eigenvalue weighted by atomic mass is 16.3. The number of hydrogen-bond donors (Lipinski definition) is 1. The van der Waals surface area contributed by atoms with Crippen LogP contribution in [0, 0.1) is 11.8 Å². The van der Waals surface area contributed by atoms with Gasteiger partial charge in [-0.2, -0.15) is 0 Å². The van der Waals surface area contributed by atoms with Crippen molar-refractivity contribution in [2.24, 2.45) is 11.8 Å². The van der Waals surface area contributed by atoms with E-state index in [0.717, 1.165) is 37.3 Å². The molecule has 1 unspecified atom stereocenters. The van der Waals surface area contributed by atoms with Gasteiger partial charge in [0.2, 0.25) is 0 Å². The fourth-order valence-corrected chi connectivity index (χ4v) is 2.15. The summed E-state index contributed by atoms with van der Waals surface area (Å²) < 4.78 is 0.